The van der Waals surface area contributed by atoms with Crippen molar-refractivity contribution in [2.75, 3.05) is 78.8 Å². The first-order valence-electron chi connectivity index (χ1n) is 10.7. The Hall–Kier alpha value is -1.01. The van der Waals surface area contributed by atoms with Crippen LogP contribution < -0.4 is 10.6 Å². The zero-order valence-electron chi connectivity index (χ0n) is 17.8. The van der Waals surface area contributed by atoms with Crippen LogP contribution in [0.2, 0.25) is 0 Å². The Bertz CT molecular complexity index is 622. The Morgan fingerprint density at radius 3 is 2.30 bits per heavy atom. The van der Waals surface area contributed by atoms with E-state index in [0.717, 1.165) is 83.8 Å². The normalized spacial score (nSPS) is 19.7. The number of aliphatic imine (C=N–C) groups is 1. The van der Waals surface area contributed by atoms with Crippen molar-refractivity contribution in [2.24, 2.45) is 4.99 Å². The van der Waals surface area contributed by atoms with Crippen LogP contribution in [0.1, 0.15) is 18.5 Å². The zero-order valence-corrected chi connectivity index (χ0v) is 20.1. The molecule has 0 bridgehead atoms. The molecule has 0 saturated carbocycles. The average Bonchev–Trinajstić information content (AvgIpc) is 2.76. The number of ether oxygens (including phenoxy) is 2. The molecule has 2 fully saturated rings. The highest BCUT2D eigenvalue weighted by Gasteiger charge is 2.22. The van der Waals surface area contributed by atoms with E-state index in [-0.39, 0.29) is 35.8 Å². The molecule has 1 aromatic carbocycles. The Kier molecular flexibility index (Phi) is 11.9. The Balaban J connectivity index is 0.00000320. The molecular formula is C21H35FIN5O2. The van der Waals surface area contributed by atoms with E-state index >= 15 is 0 Å². The number of guanidine groups is 1. The number of nitrogens with zero attached hydrogens (tertiary/aromatic N) is 3. The van der Waals surface area contributed by atoms with E-state index in [9.17, 15) is 4.39 Å². The molecule has 2 heterocycles. The Morgan fingerprint density at radius 2 is 1.67 bits per heavy atom. The van der Waals surface area contributed by atoms with Crippen molar-refractivity contribution >= 4 is 29.9 Å². The van der Waals surface area contributed by atoms with E-state index < -0.39 is 0 Å². The van der Waals surface area contributed by atoms with Gasteiger partial charge in [0.1, 0.15) is 5.82 Å². The maximum absolute atomic E-state index is 13.4. The monoisotopic (exact) mass is 535 g/mol. The third kappa shape index (κ3) is 8.26. The molecule has 0 radical (unpaired) electrons. The summed E-state index contributed by atoms with van der Waals surface area (Å²) in [5, 5.41) is 6.77. The Labute approximate surface area is 196 Å². The molecule has 0 aromatic heterocycles. The molecule has 2 N–H and O–H groups in total. The van der Waals surface area contributed by atoms with Crippen LogP contribution in [0.15, 0.2) is 29.3 Å². The number of hydrogen-bond acceptors (Lipinski definition) is 5. The van der Waals surface area contributed by atoms with E-state index in [2.05, 4.69) is 27.4 Å². The summed E-state index contributed by atoms with van der Waals surface area (Å²) in [6.07, 6.45) is 0. The van der Waals surface area contributed by atoms with Gasteiger partial charge in [-0.1, -0.05) is 12.1 Å². The standard InChI is InChI=1S/C21H34FN5O2.HI/c1-2-23-21(24-7-8-26-9-13-28-14-10-26)25-17-20(27-11-15-29-16-12-27)18-3-5-19(22)6-4-18;/h3-6,20H,2,7-17H2,1H3,(H2,23,24,25);1H. The predicted molar refractivity (Wildman–Crippen MR) is 128 cm³/mol. The first-order chi connectivity index (χ1) is 14.3. The van der Waals surface area contributed by atoms with Crippen molar-refractivity contribution < 1.29 is 13.9 Å². The SMILES string of the molecule is CCNC(=NCC(c1ccc(F)cc1)N1CCOCC1)NCCN1CCOCC1.I. The molecule has 0 amide bonds. The van der Waals surface area contributed by atoms with Gasteiger partial charge in [0.2, 0.25) is 0 Å². The molecule has 1 aromatic rings. The molecule has 7 nitrogen and oxygen atoms in total. The molecule has 3 rings (SSSR count). The summed E-state index contributed by atoms with van der Waals surface area (Å²) < 4.78 is 24.3. The number of morpholine rings is 2. The number of rotatable bonds is 8. The van der Waals surface area contributed by atoms with Gasteiger partial charge in [-0.05, 0) is 24.6 Å². The minimum atomic E-state index is -0.212. The van der Waals surface area contributed by atoms with Crippen molar-refractivity contribution in [3.8, 4) is 0 Å². The van der Waals surface area contributed by atoms with Gasteiger partial charge in [0.25, 0.3) is 0 Å². The van der Waals surface area contributed by atoms with Gasteiger partial charge in [-0.15, -0.1) is 24.0 Å². The van der Waals surface area contributed by atoms with Crippen LogP contribution in [0, 0.1) is 5.82 Å². The van der Waals surface area contributed by atoms with Crippen molar-refractivity contribution in [2.45, 2.75) is 13.0 Å². The van der Waals surface area contributed by atoms with Gasteiger partial charge in [-0.25, -0.2) is 4.39 Å². The minimum Gasteiger partial charge on any atom is -0.379 e. The molecule has 1 unspecified atom stereocenters. The maximum Gasteiger partial charge on any atom is 0.191 e. The summed E-state index contributed by atoms with van der Waals surface area (Å²) in [5.41, 5.74) is 1.08. The van der Waals surface area contributed by atoms with Crippen LogP contribution in [0.5, 0.6) is 0 Å². The average molecular weight is 535 g/mol. The molecule has 1 atom stereocenters. The topological polar surface area (TPSA) is 61.4 Å². The van der Waals surface area contributed by atoms with Gasteiger partial charge in [0.05, 0.1) is 39.0 Å². The van der Waals surface area contributed by atoms with Crippen LogP contribution in [0.3, 0.4) is 0 Å². The highest BCUT2D eigenvalue weighted by atomic mass is 127. The lowest BCUT2D eigenvalue weighted by Crippen LogP contribution is -2.45. The second-order valence-electron chi connectivity index (χ2n) is 7.32. The van der Waals surface area contributed by atoms with Gasteiger partial charge in [-0.3, -0.25) is 14.8 Å². The predicted octanol–water partition coefficient (Wildman–Crippen LogP) is 1.70. The lowest BCUT2D eigenvalue weighted by atomic mass is 10.0. The first-order valence-corrected chi connectivity index (χ1v) is 10.7. The third-order valence-corrected chi connectivity index (χ3v) is 5.33. The van der Waals surface area contributed by atoms with E-state index in [1.807, 2.05) is 12.1 Å². The minimum absolute atomic E-state index is 0. The third-order valence-electron chi connectivity index (χ3n) is 5.33. The van der Waals surface area contributed by atoms with Crippen LogP contribution in [-0.4, -0.2) is 94.5 Å². The fourth-order valence-corrected chi connectivity index (χ4v) is 3.68. The van der Waals surface area contributed by atoms with Crippen molar-refractivity contribution in [1.82, 2.24) is 20.4 Å². The van der Waals surface area contributed by atoms with Gasteiger partial charge in [0, 0.05) is 45.8 Å². The van der Waals surface area contributed by atoms with Gasteiger partial charge in [0.15, 0.2) is 5.96 Å². The second-order valence-corrected chi connectivity index (χ2v) is 7.32. The van der Waals surface area contributed by atoms with Crippen LogP contribution in [0.4, 0.5) is 4.39 Å². The summed E-state index contributed by atoms with van der Waals surface area (Å²) in [4.78, 5) is 9.62. The van der Waals surface area contributed by atoms with E-state index in [4.69, 9.17) is 14.5 Å². The summed E-state index contributed by atoms with van der Waals surface area (Å²) in [7, 11) is 0. The largest absolute Gasteiger partial charge is 0.379 e. The molecule has 2 saturated heterocycles. The summed E-state index contributed by atoms with van der Waals surface area (Å²) >= 11 is 0. The molecule has 170 valence electrons. The molecule has 0 spiro atoms. The second kappa shape index (κ2) is 14.1. The molecule has 0 aliphatic carbocycles. The van der Waals surface area contributed by atoms with Crippen molar-refractivity contribution in [3.63, 3.8) is 0 Å². The molecule has 2 aliphatic rings. The molecule has 9 heteroatoms. The number of benzene rings is 1. The van der Waals surface area contributed by atoms with E-state index in [0.29, 0.717) is 6.54 Å². The summed E-state index contributed by atoms with van der Waals surface area (Å²) in [6, 6.07) is 6.89. The lowest BCUT2D eigenvalue weighted by molar-refractivity contribution is 0.0179. The maximum atomic E-state index is 13.4. The van der Waals surface area contributed by atoms with Crippen molar-refractivity contribution in [1.29, 1.82) is 0 Å². The smallest absolute Gasteiger partial charge is 0.191 e. The van der Waals surface area contributed by atoms with Gasteiger partial charge in [-0.2, -0.15) is 0 Å². The summed E-state index contributed by atoms with van der Waals surface area (Å²) in [5.74, 6) is 0.609. The van der Waals surface area contributed by atoms with Crippen LogP contribution >= 0.6 is 24.0 Å². The first kappa shape index (κ1) is 25.3. The molecular weight excluding hydrogens is 500 g/mol. The number of halogens is 2. The highest BCUT2D eigenvalue weighted by molar-refractivity contribution is 14.0. The van der Waals surface area contributed by atoms with Crippen LogP contribution in [-0.2, 0) is 9.47 Å². The highest BCUT2D eigenvalue weighted by Crippen LogP contribution is 2.22. The fraction of sp³-hybridized carbons (Fsp3) is 0.667. The zero-order chi connectivity index (χ0) is 20.3. The Morgan fingerprint density at radius 1 is 1.03 bits per heavy atom. The van der Waals surface area contributed by atoms with Gasteiger partial charge >= 0.3 is 0 Å². The number of hydrogen-bond donors (Lipinski definition) is 2. The fourth-order valence-electron chi connectivity index (χ4n) is 3.68. The number of nitrogens with one attached hydrogen (secondary N) is 2. The van der Waals surface area contributed by atoms with E-state index in [1.165, 1.54) is 12.1 Å². The van der Waals surface area contributed by atoms with Crippen LogP contribution in [0.25, 0.3) is 0 Å². The van der Waals surface area contributed by atoms with Gasteiger partial charge < -0.3 is 20.1 Å². The molecule has 30 heavy (non-hydrogen) atoms. The van der Waals surface area contributed by atoms with E-state index in [1.54, 1.807) is 0 Å². The van der Waals surface area contributed by atoms with Crippen molar-refractivity contribution in [3.05, 3.63) is 35.6 Å². The molecule has 2 aliphatic heterocycles. The summed E-state index contributed by atoms with van der Waals surface area (Å²) in [6.45, 7) is 12.1. The quantitative estimate of drug-likeness (QED) is 0.301. The lowest BCUT2D eigenvalue weighted by Gasteiger charge is -2.34.